The average Bonchev–Trinajstić information content (AvgIpc) is 2.67. The molecule has 0 aromatic heterocycles. The first kappa shape index (κ1) is 20.9. The molecule has 3 rings (SSSR count). The van der Waals surface area contributed by atoms with Crippen LogP contribution in [0.3, 0.4) is 0 Å². The third-order valence-electron chi connectivity index (χ3n) is 5.01. The van der Waals surface area contributed by atoms with Crippen LogP contribution >= 0.6 is 24.4 Å². The molecule has 2 unspecified atom stereocenters. The second-order valence-corrected chi connectivity index (χ2v) is 7.38. The average molecular weight is 437 g/mol. The van der Waals surface area contributed by atoms with E-state index in [0.29, 0.717) is 5.56 Å². The minimum Gasteiger partial charge on any atom is -0.508 e. The molecule has 0 spiro atoms. The summed E-state index contributed by atoms with van der Waals surface area (Å²) in [7, 11) is 0. The number of thiocarbonyl (C=S) groups is 2. The summed E-state index contributed by atoms with van der Waals surface area (Å²) in [6.45, 7) is 0. The fourth-order valence-electron chi connectivity index (χ4n) is 3.66. The molecule has 0 aliphatic carbocycles. The number of benzene rings is 1. The smallest absolute Gasteiger partial charge is 0.147 e. The number of nitrogens with two attached hydrogens (primary N) is 4. The summed E-state index contributed by atoms with van der Waals surface area (Å²) in [4.78, 5) is 8.13. The SMILES string of the molecule is N#CC1=C(N)C(C(c2ccccc2O)C2C(N)=NC(=S)C(C#N)=C2N)C(N)=NC1=S. The van der Waals surface area contributed by atoms with Gasteiger partial charge in [-0.05, 0) is 11.6 Å². The predicted molar refractivity (Wildman–Crippen MR) is 120 cm³/mol. The molecule has 150 valence electrons. The van der Waals surface area contributed by atoms with Crippen molar-refractivity contribution in [3.8, 4) is 17.9 Å². The summed E-state index contributed by atoms with van der Waals surface area (Å²) >= 11 is 10.2. The molecule has 11 heteroatoms. The van der Waals surface area contributed by atoms with Crippen LogP contribution in [0.2, 0.25) is 0 Å². The van der Waals surface area contributed by atoms with Crippen molar-refractivity contribution in [1.82, 2.24) is 0 Å². The monoisotopic (exact) mass is 436 g/mol. The van der Waals surface area contributed by atoms with Crippen LogP contribution in [-0.2, 0) is 0 Å². The second kappa shape index (κ2) is 7.91. The fourth-order valence-corrected chi connectivity index (χ4v) is 4.20. The number of rotatable bonds is 3. The van der Waals surface area contributed by atoms with Crippen LogP contribution in [-0.4, -0.2) is 26.8 Å². The van der Waals surface area contributed by atoms with Crippen molar-refractivity contribution < 1.29 is 5.11 Å². The zero-order chi connectivity index (χ0) is 22.2. The van der Waals surface area contributed by atoms with E-state index in [1.54, 1.807) is 18.2 Å². The highest BCUT2D eigenvalue weighted by Gasteiger charge is 2.44. The van der Waals surface area contributed by atoms with Crippen LogP contribution < -0.4 is 22.9 Å². The Morgan fingerprint density at radius 2 is 1.30 bits per heavy atom. The lowest BCUT2D eigenvalue weighted by atomic mass is 9.70. The number of nitriles is 2. The molecule has 1 aromatic rings. The van der Waals surface area contributed by atoms with Gasteiger partial charge in [-0.1, -0.05) is 42.6 Å². The number of hydrogen-bond acceptors (Lipinski definition) is 9. The summed E-state index contributed by atoms with van der Waals surface area (Å²) in [5.41, 5.74) is 25.5. The first-order chi connectivity index (χ1) is 14.2. The maximum absolute atomic E-state index is 10.6. The Hall–Kier alpha value is -3.80. The quantitative estimate of drug-likeness (QED) is 0.421. The maximum atomic E-state index is 10.6. The first-order valence-corrected chi connectivity index (χ1v) is 9.38. The third kappa shape index (κ3) is 3.26. The summed E-state index contributed by atoms with van der Waals surface area (Å²) in [5.74, 6) is -2.67. The van der Waals surface area contributed by atoms with Crippen LogP contribution in [0.4, 0.5) is 0 Å². The van der Waals surface area contributed by atoms with Crippen molar-refractivity contribution in [2.45, 2.75) is 5.92 Å². The Morgan fingerprint density at radius 3 is 1.70 bits per heavy atom. The van der Waals surface area contributed by atoms with Gasteiger partial charge in [-0.2, -0.15) is 10.5 Å². The van der Waals surface area contributed by atoms with E-state index in [1.807, 2.05) is 12.1 Å². The van der Waals surface area contributed by atoms with Gasteiger partial charge in [-0.25, -0.2) is 9.98 Å². The number of aromatic hydroxyl groups is 1. The molecule has 2 aliphatic rings. The molecule has 0 saturated heterocycles. The zero-order valence-electron chi connectivity index (χ0n) is 15.4. The van der Waals surface area contributed by atoms with Gasteiger partial charge in [0, 0.05) is 17.3 Å². The predicted octanol–water partition coefficient (Wildman–Crippen LogP) is 0.577. The Balaban J connectivity index is 2.33. The first-order valence-electron chi connectivity index (χ1n) is 8.57. The van der Waals surface area contributed by atoms with Crippen LogP contribution in [0.5, 0.6) is 5.75 Å². The zero-order valence-corrected chi connectivity index (χ0v) is 17.0. The topological polar surface area (TPSA) is 197 Å². The van der Waals surface area contributed by atoms with Gasteiger partial charge in [0.2, 0.25) is 0 Å². The van der Waals surface area contributed by atoms with Gasteiger partial charge >= 0.3 is 0 Å². The molecule has 2 aliphatic heterocycles. The Kier molecular flexibility index (Phi) is 5.52. The van der Waals surface area contributed by atoms with E-state index >= 15 is 0 Å². The normalized spacial score (nSPS) is 22.7. The number of nitrogens with zero attached hydrogens (tertiary/aromatic N) is 4. The third-order valence-corrected chi connectivity index (χ3v) is 5.60. The molecule has 2 heterocycles. The number of dihydropyridines is 2. The van der Waals surface area contributed by atoms with Crippen molar-refractivity contribution in [3.63, 3.8) is 0 Å². The molecule has 0 amide bonds. The van der Waals surface area contributed by atoms with Gasteiger partial charge in [0.05, 0.1) is 11.8 Å². The van der Waals surface area contributed by atoms with E-state index in [2.05, 4.69) is 9.98 Å². The summed E-state index contributed by atoms with van der Waals surface area (Å²) < 4.78 is 0. The molecule has 9 nitrogen and oxygen atoms in total. The number of phenols is 1. The Bertz CT molecular complexity index is 1110. The molecule has 2 atom stereocenters. The molecule has 0 radical (unpaired) electrons. The van der Waals surface area contributed by atoms with Crippen molar-refractivity contribution in [1.29, 1.82) is 10.5 Å². The van der Waals surface area contributed by atoms with Gasteiger partial charge in [0.1, 0.15) is 50.7 Å². The van der Waals surface area contributed by atoms with E-state index in [-0.39, 0.29) is 49.9 Å². The van der Waals surface area contributed by atoms with Crippen molar-refractivity contribution >= 4 is 46.1 Å². The van der Waals surface area contributed by atoms with Crippen LogP contribution in [0.1, 0.15) is 11.5 Å². The lowest BCUT2D eigenvalue weighted by Gasteiger charge is -2.37. The fraction of sp³-hybridized carbons (Fsp3) is 0.158. The summed E-state index contributed by atoms with van der Waals surface area (Å²) in [6.07, 6.45) is 0. The largest absolute Gasteiger partial charge is 0.508 e. The van der Waals surface area contributed by atoms with E-state index < -0.39 is 17.8 Å². The number of aliphatic imine (C=N–C) groups is 2. The van der Waals surface area contributed by atoms with Crippen molar-refractivity contribution in [3.05, 3.63) is 52.4 Å². The standard InChI is InChI=1S/C19H16N8OS2/c20-5-8-14(22)12(16(24)26-18(8)29)11(7-3-1-2-4-10(7)28)13-15(23)9(6-21)19(30)27-17(13)25/h1-4,11-13,28H,22-23H2,(H2,24,26,29)(H2,25,27,30). The van der Waals surface area contributed by atoms with Gasteiger partial charge in [-0.3, -0.25) is 0 Å². The minimum absolute atomic E-state index is 0.00507. The van der Waals surface area contributed by atoms with Gasteiger partial charge in [-0.15, -0.1) is 0 Å². The number of para-hydroxylation sites is 1. The summed E-state index contributed by atoms with van der Waals surface area (Å²) in [6, 6.07) is 10.3. The number of hydrogen-bond donors (Lipinski definition) is 5. The lowest BCUT2D eigenvalue weighted by Crippen LogP contribution is -2.46. The van der Waals surface area contributed by atoms with Crippen LogP contribution in [0.25, 0.3) is 0 Å². The molecule has 0 saturated carbocycles. The van der Waals surface area contributed by atoms with Gasteiger partial charge < -0.3 is 28.0 Å². The molecular weight excluding hydrogens is 420 g/mol. The second-order valence-electron chi connectivity index (χ2n) is 6.61. The highest BCUT2D eigenvalue weighted by molar-refractivity contribution is 7.81. The van der Waals surface area contributed by atoms with E-state index in [0.717, 1.165) is 0 Å². The maximum Gasteiger partial charge on any atom is 0.147 e. The lowest BCUT2D eigenvalue weighted by molar-refractivity contribution is 0.437. The van der Waals surface area contributed by atoms with Gasteiger partial charge in [0.15, 0.2) is 0 Å². The van der Waals surface area contributed by atoms with Crippen molar-refractivity contribution in [2.24, 2.45) is 44.8 Å². The molecule has 30 heavy (non-hydrogen) atoms. The van der Waals surface area contributed by atoms with Crippen LogP contribution in [0.15, 0.2) is 56.8 Å². The van der Waals surface area contributed by atoms with E-state index in [4.69, 9.17) is 47.4 Å². The molecule has 0 bridgehead atoms. The molecule has 1 aromatic carbocycles. The van der Waals surface area contributed by atoms with Gasteiger partial charge in [0.25, 0.3) is 0 Å². The minimum atomic E-state index is -0.899. The summed E-state index contributed by atoms with van der Waals surface area (Å²) in [5, 5.41) is 29.6. The number of phenolic OH excluding ortho intramolecular Hbond substituents is 1. The molecule has 9 N–H and O–H groups in total. The highest BCUT2D eigenvalue weighted by Crippen LogP contribution is 2.44. The van der Waals surface area contributed by atoms with E-state index in [1.165, 1.54) is 6.07 Å². The molecule has 0 fully saturated rings. The Morgan fingerprint density at radius 1 is 0.867 bits per heavy atom. The highest BCUT2D eigenvalue weighted by atomic mass is 32.1. The van der Waals surface area contributed by atoms with E-state index in [9.17, 15) is 15.6 Å². The number of amidine groups is 2. The molecular formula is C19H16N8OS2. The van der Waals surface area contributed by atoms with Crippen molar-refractivity contribution in [2.75, 3.05) is 0 Å². The Labute approximate surface area is 182 Å². The van der Waals surface area contributed by atoms with Crippen LogP contribution in [0, 0.1) is 34.5 Å².